The molecule has 0 fully saturated rings. The number of benzene rings is 2. The van der Waals surface area contributed by atoms with Gasteiger partial charge in [-0.3, -0.25) is 0 Å². The van der Waals surface area contributed by atoms with E-state index in [-0.39, 0.29) is 0 Å². The van der Waals surface area contributed by atoms with Crippen molar-refractivity contribution in [2.75, 3.05) is 0 Å². The summed E-state index contributed by atoms with van der Waals surface area (Å²) in [6.07, 6.45) is 2.06. The van der Waals surface area contributed by atoms with Gasteiger partial charge in [0.1, 0.15) is 0 Å². The molecule has 0 bridgehead atoms. The molecule has 2 aromatic carbocycles. The van der Waals surface area contributed by atoms with E-state index in [9.17, 15) is 0 Å². The summed E-state index contributed by atoms with van der Waals surface area (Å²) >= 11 is 9.75. The third-order valence-electron chi connectivity index (χ3n) is 3.08. The summed E-state index contributed by atoms with van der Waals surface area (Å²) in [7, 11) is 0. The lowest BCUT2D eigenvalue weighted by atomic mass is 10.1. The molecule has 0 aliphatic heterocycles. The van der Waals surface area contributed by atoms with E-state index in [2.05, 4.69) is 57.9 Å². The molecule has 18 heavy (non-hydrogen) atoms. The van der Waals surface area contributed by atoms with Gasteiger partial charge in [-0.2, -0.15) is 0 Å². The van der Waals surface area contributed by atoms with Crippen molar-refractivity contribution < 1.29 is 0 Å². The molecular formula is C15H11BrClN. The minimum Gasteiger partial charge on any atom is -0.315 e. The van der Waals surface area contributed by atoms with Gasteiger partial charge < -0.3 is 4.57 Å². The van der Waals surface area contributed by atoms with Crippen LogP contribution in [0.25, 0.3) is 16.6 Å². The van der Waals surface area contributed by atoms with Crippen molar-refractivity contribution in [2.24, 2.45) is 0 Å². The number of hydrogen-bond acceptors (Lipinski definition) is 0. The number of aromatic nitrogens is 1. The van der Waals surface area contributed by atoms with Crippen LogP contribution in [0.1, 0.15) is 5.56 Å². The standard InChI is InChI=1S/C15H11BrClN/c1-10-3-2-4-11-7-8-18(15(10)11)14-6-5-12(16)9-13(14)17/h2-9H,1H3. The predicted molar refractivity (Wildman–Crippen MR) is 80.7 cm³/mol. The van der Waals surface area contributed by atoms with E-state index in [0.29, 0.717) is 0 Å². The molecule has 0 spiro atoms. The zero-order chi connectivity index (χ0) is 12.7. The molecule has 0 unspecified atom stereocenters. The van der Waals surface area contributed by atoms with E-state index in [4.69, 9.17) is 11.6 Å². The molecule has 3 rings (SSSR count). The number of hydrogen-bond donors (Lipinski definition) is 0. The maximum atomic E-state index is 6.32. The SMILES string of the molecule is Cc1cccc2ccn(-c3ccc(Br)cc3Cl)c12. The van der Waals surface area contributed by atoms with Crippen molar-refractivity contribution in [3.8, 4) is 5.69 Å². The fourth-order valence-electron chi connectivity index (χ4n) is 2.25. The van der Waals surface area contributed by atoms with Crippen LogP contribution in [0.3, 0.4) is 0 Å². The zero-order valence-electron chi connectivity index (χ0n) is 9.82. The summed E-state index contributed by atoms with van der Waals surface area (Å²) in [5.74, 6) is 0. The first-order valence-electron chi connectivity index (χ1n) is 5.69. The van der Waals surface area contributed by atoms with Gasteiger partial charge >= 0.3 is 0 Å². The van der Waals surface area contributed by atoms with Gasteiger partial charge in [0.15, 0.2) is 0 Å². The van der Waals surface area contributed by atoms with Crippen molar-refractivity contribution in [1.82, 2.24) is 4.57 Å². The number of halogens is 2. The van der Waals surface area contributed by atoms with Crippen LogP contribution in [-0.4, -0.2) is 4.57 Å². The molecule has 0 amide bonds. The van der Waals surface area contributed by atoms with Crippen LogP contribution < -0.4 is 0 Å². The topological polar surface area (TPSA) is 4.93 Å². The Morgan fingerprint density at radius 1 is 1.11 bits per heavy atom. The second kappa shape index (κ2) is 4.45. The molecule has 3 aromatic rings. The largest absolute Gasteiger partial charge is 0.315 e. The van der Waals surface area contributed by atoms with Crippen LogP contribution in [0, 0.1) is 6.92 Å². The lowest BCUT2D eigenvalue weighted by molar-refractivity contribution is 1.12. The van der Waals surface area contributed by atoms with Crippen LogP contribution in [0.15, 0.2) is 53.1 Å². The number of nitrogens with zero attached hydrogens (tertiary/aromatic N) is 1. The number of para-hydroxylation sites is 1. The highest BCUT2D eigenvalue weighted by molar-refractivity contribution is 9.10. The fourth-order valence-corrected chi connectivity index (χ4v) is 3.02. The monoisotopic (exact) mass is 319 g/mol. The molecule has 1 nitrogen and oxygen atoms in total. The molecular weight excluding hydrogens is 310 g/mol. The van der Waals surface area contributed by atoms with Crippen molar-refractivity contribution >= 4 is 38.4 Å². The Morgan fingerprint density at radius 3 is 2.72 bits per heavy atom. The Morgan fingerprint density at radius 2 is 1.94 bits per heavy atom. The first-order valence-corrected chi connectivity index (χ1v) is 6.86. The zero-order valence-corrected chi connectivity index (χ0v) is 12.2. The van der Waals surface area contributed by atoms with Gasteiger partial charge in [-0.15, -0.1) is 0 Å². The quantitative estimate of drug-likeness (QED) is 0.569. The van der Waals surface area contributed by atoms with Crippen LogP contribution in [0.5, 0.6) is 0 Å². The molecule has 0 saturated heterocycles. The molecule has 0 saturated carbocycles. The van der Waals surface area contributed by atoms with Gasteiger partial charge in [0.2, 0.25) is 0 Å². The van der Waals surface area contributed by atoms with E-state index in [1.54, 1.807) is 0 Å². The highest BCUT2D eigenvalue weighted by Gasteiger charge is 2.08. The Balaban J connectivity index is 2.32. The molecule has 3 heteroatoms. The van der Waals surface area contributed by atoms with Gasteiger partial charge in [-0.25, -0.2) is 0 Å². The summed E-state index contributed by atoms with van der Waals surface area (Å²) in [4.78, 5) is 0. The first-order chi connectivity index (χ1) is 8.66. The van der Waals surface area contributed by atoms with Gasteiger partial charge in [0, 0.05) is 16.1 Å². The molecule has 1 heterocycles. The second-order valence-corrected chi connectivity index (χ2v) is 5.62. The van der Waals surface area contributed by atoms with E-state index >= 15 is 0 Å². The van der Waals surface area contributed by atoms with Crippen LogP contribution in [0.2, 0.25) is 5.02 Å². The third kappa shape index (κ3) is 1.86. The van der Waals surface area contributed by atoms with E-state index in [1.165, 1.54) is 16.5 Å². The summed E-state index contributed by atoms with van der Waals surface area (Å²) in [5.41, 5.74) is 3.46. The minimum absolute atomic E-state index is 0.741. The smallest absolute Gasteiger partial charge is 0.0657 e. The van der Waals surface area contributed by atoms with Gasteiger partial charge in [0.25, 0.3) is 0 Å². The maximum Gasteiger partial charge on any atom is 0.0657 e. The Bertz CT molecular complexity index is 730. The average molecular weight is 321 g/mol. The van der Waals surface area contributed by atoms with Gasteiger partial charge in [0.05, 0.1) is 16.2 Å². The maximum absolute atomic E-state index is 6.32. The Hall–Kier alpha value is -1.25. The van der Waals surface area contributed by atoms with Crippen molar-refractivity contribution in [1.29, 1.82) is 0 Å². The summed E-state index contributed by atoms with van der Waals surface area (Å²) in [5, 5.41) is 1.97. The van der Waals surface area contributed by atoms with Crippen molar-refractivity contribution in [3.63, 3.8) is 0 Å². The predicted octanol–water partition coefficient (Wildman–Crippen LogP) is 5.35. The lowest BCUT2D eigenvalue weighted by Gasteiger charge is -2.10. The third-order valence-corrected chi connectivity index (χ3v) is 3.88. The molecule has 1 aromatic heterocycles. The van der Waals surface area contributed by atoms with Crippen LogP contribution >= 0.6 is 27.5 Å². The number of rotatable bonds is 1. The lowest BCUT2D eigenvalue weighted by Crippen LogP contribution is -1.94. The average Bonchev–Trinajstić information content (AvgIpc) is 2.74. The Labute approximate surface area is 119 Å². The molecule has 0 atom stereocenters. The summed E-state index contributed by atoms with van der Waals surface area (Å²) < 4.78 is 3.13. The Kier molecular flexibility index (Phi) is 2.92. The highest BCUT2D eigenvalue weighted by Crippen LogP contribution is 2.29. The minimum atomic E-state index is 0.741. The summed E-state index contributed by atoms with van der Waals surface area (Å²) in [6, 6.07) is 14.4. The number of fused-ring (bicyclic) bond motifs is 1. The van der Waals surface area contributed by atoms with E-state index < -0.39 is 0 Å². The molecule has 90 valence electrons. The first kappa shape index (κ1) is 11.8. The molecule has 0 aliphatic carbocycles. The molecule has 0 N–H and O–H groups in total. The van der Waals surface area contributed by atoms with Crippen LogP contribution in [-0.2, 0) is 0 Å². The normalized spacial score (nSPS) is 11.1. The van der Waals surface area contributed by atoms with Gasteiger partial charge in [-0.1, -0.05) is 45.7 Å². The summed E-state index contributed by atoms with van der Waals surface area (Å²) in [6.45, 7) is 2.12. The van der Waals surface area contributed by atoms with E-state index in [0.717, 1.165) is 15.2 Å². The second-order valence-electron chi connectivity index (χ2n) is 4.29. The highest BCUT2D eigenvalue weighted by atomic mass is 79.9. The number of aryl methyl sites for hydroxylation is 1. The van der Waals surface area contributed by atoms with Gasteiger partial charge in [-0.05, 0) is 36.8 Å². The molecule has 0 radical (unpaired) electrons. The van der Waals surface area contributed by atoms with Crippen LogP contribution in [0.4, 0.5) is 0 Å². The van der Waals surface area contributed by atoms with Crippen molar-refractivity contribution in [2.45, 2.75) is 6.92 Å². The van der Waals surface area contributed by atoms with E-state index in [1.807, 2.05) is 18.2 Å². The van der Waals surface area contributed by atoms with Crippen molar-refractivity contribution in [3.05, 3.63) is 63.7 Å². The molecule has 0 aliphatic rings. The fraction of sp³-hybridized carbons (Fsp3) is 0.0667.